The summed E-state index contributed by atoms with van der Waals surface area (Å²) in [6, 6.07) is 0. The first-order valence-corrected chi connectivity index (χ1v) is 5.41. The molecule has 0 saturated heterocycles. The van der Waals surface area contributed by atoms with Gasteiger partial charge in [-0.15, -0.1) is 0 Å². The first-order valence-electron chi connectivity index (χ1n) is 2.99. The summed E-state index contributed by atoms with van der Waals surface area (Å²) >= 11 is 0.976. The summed E-state index contributed by atoms with van der Waals surface area (Å²) in [6.45, 7) is 4.52. The fourth-order valence-corrected chi connectivity index (χ4v) is 2.03. The van der Waals surface area contributed by atoms with E-state index >= 15 is 0 Å². The van der Waals surface area contributed by atoms with Crippen molar-refractivity contribution in [3.63, 3.8) is 0 Å². The van der Waals surface area contributed by atoms with Gasteiger partial charge in [0.25, 0.3) is 0 Å². The Balaban J connectivity index is 2.45. The van der Waals surface area contributed by atoms with Gasteiger partial charge in [0.05, 0.1) is 0 Å². The summed E-state index contributed by atoms with van der Waals surface area (Å²) in [5.74, 6) is 0. The predicted molar refractivity (Wildman–Crippen MR) is 35.9 cm³/mol. The van der Waals surface area contributed by atoms with E-state index in [1.807, 2.05) is 0 Å². The van der Waals surface area contributed by atoms with E-state index in [4.69, 9.17) is 0 Å². The van der Waals surface area contributed by atoms with E-state index in [1.54, 1.807) is 0 Å². The molecule has 0 aromatic rings. The van der Waals surface area contributed by atoms with Gasteiger partial charge in [-0.25, -0.2) is 0 Å². The van der Waals surface area contributed by atoms with E-state index in [1.165, 1.54) is 23.5 Å². The molecule has 0 bridgehead atoms. The average Bonchev–Trinajstić information content (AvgIpc) is 1.69. The van der Waals surface area contributed by atoms with Crippen LogP contribution in [-0.4, -0.2) is 15.0 Å². The van der Waals surface area contributed by atoms with Crippen molar-refractivity contribution in [2.75, 3.05) is 0 Å². The number of hydrogen-bond donors (Lipinski definition) is 0. The minimum atomic E-state index is 0.976. The molecular formula is C6H14Se. The Morgan fingerprint density at radius 1 is 1.00 bits per heavy atom. The van der Waals surface area contributed by atoms with E-state index < -0.39 is 0 Å². The molecule has 0 atom stereocenters. The molecular weight excluding hydrogens is 151 g/mol. The van der Waals surface area contributed by atoms with Crippen LogP contribution in [0.25, 0.3) is 0 Å². The summed E-state index contributed by atoms with van der Waals surface area (Å²) in [7, 11) is 0. The Labute approximate surface area is 52.8 Å². The third-order valence-corrected chi connectivity index (χ3v) is 3.62. The fourth-order valence-electron chi connectivity index (χ4n) is 0.391. The van der Waals surface area contributed by atoms with Gasteiger partial charge < -0.3 is 0 Å². The van der Waals surface area contributed by atoms with Crippen molar-refractivity contribution in [2.45, 2.75) is 37.3 Å². The molecule has 0 aliphatic heterocycles. The van der Waals surface area contributed by atoms with Gasteiger partial charge in [-0.2, -0.15) is 0 Å². The molecule has 44 valence electrons. The summed E-state index contributed by atoms with van der Waals surface area (Å²) in [4.78, 5) is 0. The van der Waals surface area contributed by atoms with Crippen molar-refractivity contribution in [1.82, 2.24) is 0 Å². The Morgan fingerprint density at radius 3 is 1.71 bits per heavy atom. The Hall–Kier alpha value is 0.519. The van der Waals surface area contributed by atoms with Crippen LogP contribution >= 0.6 is 0 Å². The maximum absolute atomic E-state index is 2.26. The average molecular weight is 165 g/mol. The molecule has 0 rings (SSSR count). The van der Waals surface area contributed by atoms with E-state index in [-0.39, 0.29) is 0 Å². The molecule has 0 saturated carbocycles. The molecule has 0 N–H and O–H groups in total. The van der Waals surface area contributed by atoms with E-state index in [0.29, 0.717) is 0 Å². The van der Waals surface area contributed by atoms with Crippen LogP contribution in [0.3, 0.4) is 0 Å². The van der Waals surface area contributed by atoms with Crippen LogP contribution in [0.2, 0.25) is 10.6 Å². The predicted octanol–water partition coefficient (Wildman–Crippen LogP) is 2.35. The van der Waals surface area contributed by atoms with Crippen molar-refractivity contribution in [1.29, 1.82) is 0 Å². The molecule has 0 heterocycles. The minimum absolute atomic E-state index is 0.976. The summed E-state index contributed by atoms with van der Waals surface area (Å²) in [5, 5.41) is 2.97. The van der Waals surface area contributed by atoms with Gasteiger partial charge in [0, 0.05) is 0 Å². The monoisotopic (exact) mass is 166 g/mol. The Kier molecular flexibility index (Phi) is 7.00. The fraction of sp³-hybridized carbons (Fsp3) is 1.00. The van der Waals surface area contributed by atoms with Crippen LogP contribution in [0.1, 0.15) is 26.7 Å². The standard InChI is InChI=1S/C6H14Se/c1-3-5-7-6-4-2/h3-6H2,1-2H3. The van der Waals surface area contributed by atoms with Crippen LogP contribution < -0.4 is 0 Å². The molecule has 0 unspecified atom stereocenters. The maximum atomic E-state index is 2.26. The van der Waals surface area contributed by atoms with Gasteiger partial charge in [-0.3, -0.25) is 0 Å². The molecule has 0 aromatic heterocycles. The third-order valence-electron chi connectivity index (χ3n) is 0.697. The van der Waals surface area contributed by atoms with Crippen LogP contribution in [-0.2, 0) is 0 Å². The van der Waals surface area contributed by atoms with Gasteiger partial charge in [-0.05, 0) is 0 Å². The van der Waals surface area contributed by atoms with E-state index in [2.05, 4.69) is 13.8 Å². The van der Waals surface area contributed by atoms with Gasteiger partial charge >= 0.3 is 52.3 Å². The van der Waals surface area contributed by atoms with Gasteiger partial charge in [0.15, 0.2) is 0 Å². The van der Waals surface area contributed by atoms with E-state index in [0.717, 1.165) is 15.0 Å². The number of hydrogen-bond acceptors (Lipinski definition) is 0. The van der Waals surface area contributed by atoms with Crippen molar-refractivity contribution in [2.24, 2.45) is 0 Å². The molecule has 0 aliphatic rings. The SMILES string of the molecule is CCC[Se]CCC. The first-order chi connectivity index (χ1) is 3.41. The van der Waals surface area contributed by atoms with Crippen molar-refractivity contribution in [3.05, 3.63) is 0 Å². The molecule has 0 radical (unpaired) electrons. The van der Waals surface area contributed by atoms with Crippen molar-refractivity contribution in [3.8, 4) is 0 Å². The molecule has 7 heavy (non-hydrogen) atoms. The molecule has 1 heteroatoms. The summed E-state index contributed by atoms with van der Waals surface area (Å²) in [5.41, 5.74) is 0. The molecule has 0 aromatic carbocycles. The van der Waals surface area contributed by atoms with Gasteiger partial charge in [0.1, 0.15) is 0 Å². The zero-order chi connectivity index (χ0) is 5.54. The van der Waals surface area contributed by atoms with Crippen molar-refractivity contribution >= 4 is 15.0 Å². The van der Waals surface area contributed by atoms with Crippen molar-refractivity contribution < 1.29 is 0 Å². The molecule has 0 spiro atoms. The van der Waals surface area contributed by atoms with Crippen LogP contribution in [0.4, 0.5) is 0 Å². The van der Waals surface area contributed by atoms with E-state index in [9.17, 15) is 0 Å². The Bertz CT molecular complexity index is 23.4. The second-order valence-corrected chi connectivity index (χ2v) is 4.18. The number of rotatable bonds is 4. The van der Waals surface area contributed by atoms with Crippen LogP contribution in [0.15, 0.2) is 0 Å². The third kappa shape index (κ3) is 6.52. The molecule has 0 amide bonds. The second-order valence-electron chi connectivity index (χ2n) is 1.61. The quantitative estimate of drug-likeness (QED) is 0.443. The zero-order valence-electron chi connectivity index (χ0n) is 5.24. The van der Waals surface area contributed by atoms with Crippen LogP contribution in [0.5, 0.6) is 0 Å². The van der Waals surface area contributed by atoms with Gasteiger partial charge in [0.2, 0.25) is 0 Å². The summed E-state index contributed by atoms with van der Waals surface area (Å²) in [6.07, 6.45) is 2.78. The topological polar surface area (TPSA) is 0 Å². The zero-order valence-corrected chi connectivity index (χ0v) is 6.95. The molecule has 0 fully saturated rings. The second kappa shape index (κ2) is 6.52. The van der Waals surface area contributed by atoms with Gasteiger partial charge in [-0.1, -0.05) is 0 Å². The van der Waals surface area contributed by atoms with Crippen LogP contribution in [0, 0.1) is 0 Å². The summed E-state index contributed by atoms with van der Waals surface area (Å²) < 4.78 is 0. The molecule has 0 aliphatic carbocycles. The normalized spacial score (nSPS) is 9.43. The first kappa shape index (κ1) is 7.52. The molecule has 0 nitrogen and oxygen atoms in total. The Morgan fingerprint density at radius 2 is 1.43 bits per heavy atom.